The molecule has 4 rings (SSSR count). The number of aliphatic hydroxyl groups excluding tert-OH is 1. The van der Waals surface area contributed by atoms with Crippen LogP contribution in [0.2, 0.25) is 0 Å². The molecule has 3 saturated carbocycles. The molecule has 1 N–H and O–H groups in total. The first-order valence-electron chi connectivity index (χ1n) is 6.87. The molecule has 1 saturated heterocycles. The molecule has 4 aliphatic rings. The maximum atomic E-state index is 10.2. The molecular weight excluding hydrogens is 212 g/mol. The first-order valence-corrected chi connectivity index (χ1v) is 6.87. The summed E-state index contributed by atoms with van der Waals surface area (Å²) in [5, 5.41) is 10.2. The highest BCUT2D eigenvalue weighted by molar-refractivity contribution is 5.43. The average Bonchev–Trinajstić information content (AvgIpc) is 2.77. The summed E-state index contributed by atoms with van der Waals surface area (Å²) in [5.74, 6) is 1.45. The van der Waals surface area contributed by atoms with Gasteiger partial charge in [-0.2, -0.15) is 0 Å². The van der Waals surface area contributed by atoms with Gasteiger partial charge in [0.25, 0.3) is 0 Å². The lowest BCUT2D eigenvalue weighted by Gasteiger charge is -2.36. The second-order valence-corrected chi connectivity index (χ2v) is 7.74. The van der Waals surface area contributed by atoms with E-state index in [1.807, 2.05) is 0 Å². The van der Waals surface area contributed by atoms with E-state index in [1.165, 1.54) is 12.8 Å². The van der Waals surface area contributed by atoms with E-state index in [2.05, 4.69) is 27.4 Å². The third-order valence-corrected chi connectivity index (χ3v) is 6.39. The summed E-state index contributed by atoms with van der Waals surface area (Å²) in [5.41, 5.74) is 1.52. The van der Waals surface area contributed by atoms with Gasteiger partial charge in [-0.15, -0.1) is 0 Å². The van der Waals surface area contributed by atoms with Crippen molar-refractivity contribution < 1.29 is 9.84 Å². The Morgan fingerprint density at radius 3 is 2.65 bits per heavy atom. The Balaban J connectivity index is 1.79. The number of rotatable bonds is 0. The van der Waals surface area contributed by atoms with Gasteiger partial charge in [0.05, 0.1) is 0 Å². The first kappa shape index (κ1) is 10.6. The van der Waals surface area contributed by atoms with Crippen molar-refractivity contribution in [2.24, 2.45) is 22.7 Å². The van der Waals surface area contributed by atoms with Gasteiger partial charge in [0.15, 0.2) is 0 Å². The zero-order chi connectivity index (χ0) is 12.2. The van der Waals surface area contributed by atoms with E-state index >= 15 is 0 Å². The van der Waals surface area contributed by atoms with Crippen molar-refractivity contribution in [1.29, 1.82) is 0 Å². The lowest BCUT2D eigenvalue weighted by Crippen LogP contribution is -2.35. The average molecular weight is 234 g/mol. The second-order valence-electron chi connectivity index (χ2n) is 7.74. The summed E-state index contributed by atoms with van der Waals surface area (Å²) in [6.45, 7) is 11.3. The van der Waals surface area contributed by atoms with Gasteiger partial charge in [-0.25, -0.2) is 0 Å². The summed E-state index contributed by atoms with van der Waals surface area (Å²) in [4.78, 5) is 0. The van der Waals surface area contributed by atoms with Gasteiger partial charge in [-0.1, -0.05) is 27.4 Å². The van der Waals surface area contributed by atoms with Crippen LogP contribution in [0.3, 0.4) is 0 Å². The molecule has 0 aromatic rings. The van der Waals surface area contributed by atoms with Gasteiger partial charge >= 0.3 is 0 Å². The smallest absolute Gasteiger partial charge is 0.118 e. The van der Waals surface area contributed by atoms with Crippen LogP contribution in [-0.2, 0) is 4.74 Å². The van der Waals surface area contributed by atoms with E-state index < -0.39 is 6.10 Å². The number of fused-ring (bicyclic) bond motifs is 2. The molecule has 1 heterocycles. The number of epoxide rings is 1. The van der Waals surface area contributed by atoms with Crippen LogP contribution < -0.4 is 0 Å². The maximum Gasteiger partial charge on any atom is 0.118 e. The molecule has 3 aliphatic carbocycles. The van der Waals surface area contributed by atoms with Gasteiger partial charge in [-0.05, 0) is 42.1 Å². The topological polar surface area (TPSA) is 32.8 Å². The Labute approximate surface area is 103 Å². The van der Waals surface area contributed by atoms with Crippen LogP contribution in [0.4, 0.5) is 0 Å². The second kappa shape index (κ2) is 2.50. The van der Waals surface area contributed by atoms with Crippen LogP contribution in [-0.4, -0.2) is 22.9 Å². The summed E-state index contributed by atoms with van der Waals surface area (Å²) >= 11 is 0. The molecule has 4 fully saturated rings. The monoisotopic (exact) mass is 234 g/mol. The van der Waals surface area contributed by atoms with Gasteiger partial charge in [0, 0.05) is 5.41 Å². The predicted molar refractivity (Wildman–Crippen MR) is 65.5 cm³/mol. The van der Waals surface area contributed by atoms with Gasteiger partial charge in [0.1, 0.15) is 17.8 Å². The molecule has 0 amide bonds. The van der Waals surface area contributed by atoms with Crippen LogP contribution in [0, 0.1) is 22.7 Å². The molecule has 0 aromatic carbocycles. The maximum absolute atomic E-state index is 10.2. The standard InChI is InChI=1S/C15H22O2/c1-8-11(16)12-15(17-12)6-9-5-13(2,3)7-10(9)14(8,15)4/h9-12,16H,1,5-7H2,2-4H3/t9-,10-,11-,12-,14+,15?/m1/s1. The van der Waals surface area contributed by atoms with E-state index in [4.69, 9.17) is 4.74 Å². The molecule has 0 aromatic heterocycles. The minimum Gasteiger partial charge on any atom is -0.386 e. The highest BCUT2D eigenvalue weighted by Crippen LogP contribution is 2.77. The molecule has 1 unspecified atom stereocenters. The molecular formula is C15H22O2. The zero-order valence-corrected chi connectivity index (χ0v) is 11.0. The lowest BCUT2D eigenvalue weighted by atomic mass is 9.69. The van der Waals surface area contributed by atoms with E-state index in [9.17, 15) is 5.11 Å². The van der Waals surface area contributed by atoms with Crippen molar-refractivity contribution in [2.45, 2.75) is 57.8 Å². The number of aliphatic hydroxyl groups is 1. The van der Waals surface area contributed by atoms with E-state index in [1.54, 1.807) is 0 Å². The summed E-state index contributed by atoms with van der Waals surface area (Å²) in [6, 6.07) is 0. The van der Waals surface area contributed by atoms with E-state index in [0.717, 1.165) is 17.9 Å². The van der Waals surface area contributed by atoms with Crippen molar-refractivity contribution in [1.82, 2.24) is 0 Å². The summed E-state index contributed by atoms with van der Waals surface area (Å²) in [6.07, 6.45) is 3.38. The van der Waals surface area contributed by atoms with Crippen LogP contribution in [0.1, 0.15) is 40.0 Å². The van der Waals surface area contributed by atoms with Crippen molar-refractivity contribution >= 4 is 0 Å². The first-order chi connectivity index (χ1) is 7.82. The Hall–Kier alpha value is -0.340. The van der Waals surface area contributed by atoms with Crippen molar-refractivity contribution in [2.75, 3.05) is 0 Å². The molecule has 2 heteroatoms. The third kappa shape index (κ3) is 0.910. The lowest BCUT2D eigenvalue weighted by molar-refractivity contribution is 0.0805. The Morgan fingerprint density at radius 2 is 1.94 bits per heavy atom. The minimum atomic E-state index is -0.412. The molecule has 1 aliphatic heterocycles. The molecule has 0 bridgehead atoms. The zero-order valence-electron chi connectivity index (χ0n) is 11.0. The highest BCUT2D eigenvalue weighted by Gasteiger charge is 2.83. The number of hydrogen-bond acceptors (Lipinski definition) is 2. The van der Waals surface area contributed by atoms with E-state index in [0.29, 0.717) is 11.3 Å². The normalized spacial score (nSPS) is 62.2. The molecule has 0 radical (unpaired) electrons. The van der Waals surface area contributed by atoms with Crippen LogP contribution >= 0.6 is 0 Å². The van der Waals surface area contributed by atoms with Gasteiger partial charge in [-0.3, -0.25) is 0 Å². The van der Waals surface area contributed by atoms with Crippen LogP contribution in [0.5, 0.6) is 0 Å². The molecule has 2 nitrogen and oxygen atoms in total. The summed E-state index contributed by atoms with van der Waals surface area (Å²) < 4.78 is 5.94. The number of ether oxygens (including phenoxy) is 1. The molecule has 94 valence electrons. The third-order valence-electron chi connectivity index (χ3n) is 6.39. The van der Waals surface area contributed by atoms with Crippen molar-refractivity contribution in [3.8, 4) is 0 Å². The van der Waals surface area contributed by atoms with Gasteiger partial charge in [0.2, 0.25) is 0 Å². The summed E-state index contributed by atoms with van der Waals surface area (Å²) in [7, 11) is 0. The highest BCUT2D eigenvalue weighted by atomic mass is 16.6. The quantitative estimate of drug-likeness (QED) is 0.516. The SMILES string of the molecule is C=C1[C@@H](O)[C@H]2OC23C[C@H]2CC(C)(C)C[C@H]2[C@]13C. The molecule has 6 atom stereocenters. The van der Waals surface area contributed by atoms with E-state index in [-0.39, 0.29) is 17.1 Å². The van der Waals surface area contributed by atoms with Gasteiger partial charge < -0.3 is 9.84 Å². The molecule has 1 spiro atoms. The minimum absolute atomic E-state index is 0.0324. The Bertz CT molecular complexity index is 427. The van der Waals surface area contributed by atoms with Crippen LogP contribution in [0.15, 0.2) is 12.2 Å². The predicted octanol–water partition coefficient (Wildman–Crippen LogP) is 2.52. The van der Waals surface area contributed by atoms with Crippen molar-refractivity contribution in [3.05, 3.63) is 12.2 Å². The van der Waals surface area contributed by atoms with Crippen molar-refractivity contribution in [3.63, 3.8) is 0 Å². The largest absolute Gasteiger partial charge is 0.386 e. The fourth-order valence-electron chi connectivity index (χ4n) is 5.60. The van der Waals surface area contributed by atoms with Crippen LogP contribution in [0.25, 0.3) is 0 Å². The Morgan fingerprint density at radius 1 is 1.24 bits per heavy atom. The fourth-order valence-corrected chi connectivity index (χ4v) is 5.60. The Kier molecular flexibility index (Phi) is 1.56. The number of hydrogen-bond donors (Lipinski definition) is 1. The fraction of sp³-hybridized carbons (Fsp3) is 0.867. The molecule has 17 heavy (non-hydrogen) atoms.